The number of carbonyl (C=O) groups excluding carboxylic acids is 1. The quantitative estimate of drug-likeness (QED) is 0.928. The van der Waals surface area contributed by atoms with E-state index in [2.05, 4.69) is 21.4 Å². The summed E-state index contributed by atoms with van der Waals surface area (Å²) in [6, 6.07) is 4.09. The molecule has 2 fully saturated rings. The third-order valence-corrected chi connectivity index (χ3v) is 4.39. The first-order chi connectivity index (χ1) is 10.7. The van der Waals surface area contributed by atoms with Gasteiger partial charge in [0, 0.05) is 30.9 Å². The summed E-state index contributed by atoms with van der Waals surface area (Å²) in [5.74, 6) is 0.534. The van der Waals surface area contributed by atoms with Crippen molar-refractivity contribution in [3.63, 3.8) is 0 Å². The Balaban J connectivity index is 1.45. The molecule has 7 heteroatoms. The minimum absolute atomic E-state index is 0.0293. The fourth-order valence-electron chi connectivity index (χ4n) is 2.95. The molecule has 0 spiro atoms. The topological polar surface area (TPSA) is 90.6 Å². The Morgan fingerprint density at radius 2 is 2.27 bits per heavy atom. The van der Waals surface area contributed by atoms with Gasteiger partial charge in [-0.1, -0.05) is 0 Å². The van der Waals surface area contributed by atoms with Crippen LogP contribution >= 0.6 is 0 Å². The van der Waals surface area contributed by atoms with Crippen molar-refractivity contribution in [1.82, 2.24) is 24.9 Å². The van der Waals surface area contributed by atoms with Gasteiger partial charge in [-0.25, -0.2) is 0 Å². The van der Waals surface area contributed by atoms with Crippen LogP contribution < -0.4 is 0 Å². The third kappa shape index (κ3) is 2.26. The van der Waals surface area contributed by atoms with Gasteiger partial charge >= 0.3 is 0 Å². The highest BCUT2D eigenvalue weighted by Crippen LogP contribution is 2.39. The molecule has 1 saturated carbocycles. The molecular weight excluding hydrogens is 280 g/mol. The van der Waals surface area contributed by atoms with Crippen LogP contribution in [0.5, 0.6) is 0 Å². The molecule has 22 heavy (non-hydrogen) atoms. The molecule has 112 valence electrons. The van der Waals surface area contributed by atoms with Gasteiger partial charge in [-0.05, 0) is 25.3 Å². The maximum absolute atomic E-state index is 12.5. The first kappa shape index (κ1) is 13.1. The molecule has 2 aromatic rings. The largest absolute Gasteiger partial charge is 0.335 e. The van der Waals surface area contributed by atoms with Gasteiger partial charge in [-0.3, -0.25) is 14.6 Å². The van der Waals surface area contributed by atoms with Crippen LogP contribution in [-0.2, 0) is 0 Å². The zero-order valence-corrected chi connectivity index (χ0v) is 12.1. The van der Waals surface area contributed by atoms with Crippen molar-refractivity contribution in [3.05, 3.63) is 35.4 Å². The Morgan fingerprint density at radius 3 is 3.00 bits per heavy atom. The number of hydrogen-bond donors (Lipinski definition) is 1. The second-order valence-corrected chi connectivity index (χ2v) is 6.00. The van der Waals surface area contributed by atoms with Crippen LogP contribution in [0.4, 0.5) is 0 Å². The molecule has 7 nitrogen and oxygen atoms in total. The molecule has 1 unspecified atom stereocenters. The summed E-state index contributed by atoms with van der Waals surface area (Å²) in [5.41, 5.74) is 2.12. The number of hydrogen-bond acceptors (Lipinski definition) is 4. The molecule has 3 heterocycles. The minimum atomic E-state index is -0.0293. The standard InChI is InChI=1S/C15H16N6O/c16-6-10-7-17-21(8-10)12-3-4-20(9-12)15(22)14-5-13(18-19-14)11-1-2-11/h5,7-8,11-12H,1-4,9H2,(H,18,19). The number of nitriles is 1. The number of rotatable bonds is 3. The van der Waals surface area contributed by atoms with Crippen LogP contribution in [0, 0.1) is 11.3 Å². The van der Waals surface area contributed by atoms with Crippen molar-refractivity contribution in [3.8, 4) is 6.07 Å². The molecule has 1 aliphatic carbocycles. The maximum atomic E-state index is 12.5. The van der Waals surface area contributed by atoms with Crippen LogP contribution in [0.1, 0.15) is 53.0 Å². The lowest BCUT2D eigenvalue weighted by atomic mass is 10.2. The van der Waals surface area contributed by atoms with Crippen molar-refractivity contribution in [2.45, 2.75) is 31.2 Å². The summed E-state index contributed by atoms with van der Waals surface area (Å²) in [6.45, 7) is 1.30. The van der Waals surface area contributed by atoms with E-state index in [0.717, 1.165) is 12.1 Å². The molecule has 4 rings (SSSR count). The lowest BCUT2D eigenvalue weighted by molar-refractivity contribution is 0.0781. The van der Waals surface area contributed by atoms with E-state index in [0.29, 0.717) is 30.3 Å². The first-order valence-electron chi connectivity index (χ1n) is 7.53. The zero-order valence-electron chi connectivity index (χ0n) is 12.1. The van der Waals surface area contributed by atoms with Crippen molar-refractivity contribution >= 4 is 5.91 Å². The summed E-state index contributed by atoms with van der Waals surface area (Å²) in [6.07, 6.45) is 6.50. The van der Waals surface area contributed by atoms with E-state index in [-0.39, 0.29) is 11.9 Å². The Labute approximate surface area is 127 Å². The Kier molecular flexibility index (Phi) is 2.96. The summed E-state index contributed by atoms with van der Waals surface area (Å²) >= 11 is 0. The highest BCUT2D eigenvalue weighted by Gasteiger charge is 2.31. The minimum Gasteiger partial charge on any atom is -0.335 e. The van der Waals surface area contributed by atoms with Gasteiger partial charge in [0.2, 0.25) is 0 Å². The normalized spacial score (nSPS) is 21.0. The molecule has 0 aromatic carbocycles. The van der Waals surface area contributed by atoms with Gasteiger partial charge < -0.3 is 4.90 Å². The van der Waals surface area contributed by atoms with E-state index < -0.39 is 0 Å². The molecule has 1 aliphatic heterocycles. The van der Waals surface area contributed by atoms with Gasteiger partial charge in [0.05, 0.1) is 17.8 Å². The molecule has 1 N–H and O–H groups in total. The molecular formula is C15H16N6O. The van der Waals surface area contributed by atoms with Crippen LogP contribution in [0.15, 0.2) is 18.5 Å². The monoisotopic (exact) mass is 296 g/mol. The number of H-pyrrole nitrogens is 1. The van der Waals surface area contributed by atoms with Crippen molar-refractivity contribution in [2.75, 3.05) is 13.1 Å². The predicted octanol–water partition coefficient (Wildman–Crippen LogP) is 1.44. The zero-order chi connectivity index (χ0) is 15.1. The van der Waals surface area contributed by atoms with Gasteiger partial charge in [0.1, 0.15) is 11.8 Å². The number of amides is 1. The van der Waals surface area contributed by atoms with Crippen molar-refractivity contribution < 1.29 is 4.79 Å². The van der Waals surface area contributed by atoms with E-state index in [4.69, 9.17) is 5.26 Å². The maximum Gasteiger partial charge on any atom is 0.274 e. The van der Waals surface area contributed by atoms with Crippen molar-refractivity contribution in [1.29, 1.82) is 5.26 Å². The summed E-state index contributed by atoms with van der Waals surface area (Å²) < 4.78 is 1.78. The van der Waals surface area contributed by atoms with E-state index >= 15 is 0 Å². The number of likely N-dealkylation sites (tertiary alicyclic amines) is 1. The highest BCUT2D eigenvalue weighted by molar-refractivity contribution is 5.92. The number of aromatic amines is 1. The van der Waals surface area contributed by atoms with E-state index in [1.165, 1.54) is 12.8 Å². The number of carbonyl (C=O) groups is 1. The van der Waals surface area contributed by atoms with Crippen LogP contribution in [0.3, 0.4) is 0 Å². The number of aromatic nitrogens is 4. The van der Waals surface area contributed by atoms with Gasteiger partial charge in [0.25, 0.3) is 5.91 Å². The Bertz CT molecular complexity index is 750. The number of nitrogens with one attached hydrogen (secondary N) is 1. The lowest BCUT2D eigenvalue weighted by Gasteiger charge is -2.15. The lowest BCUT2D eigenvalue weighted by Crippen LogP contribution is -2.29. The molecule has 1 saturated heterocycles. The molecule has 0 radical (unpaired) electrons. The SMILES string of the molecule is N#Cc1cnn(C2CCN(C(=O)c3cc(C4CC4)[nH]n3)C2)c1. The molecule has 2 aromatic heterocycles. The average Bonchev–Trinajstić information content (AvgIpc) is 3.03. The van der Waals surface area contributed by atoms with Crippen LogP contribution in [0.25, 0.3) is 0 Å². The Morgan fingerprint density at radius 1 is 1.41 bits per heavy atom. The van der Waals surface area contributed by atoms with E-state index in [1.807, 2.05) is 11.0 Å². The van der Waals surface area contributed by atoms with E-state index in [9.17, 15) is 4.79 Å². The predicted molar refractivity (Wildman–Crippen MR) is 77.1 cm³/mol. The van der Waals surface area contributed by atoms with Gasteiger partial charge in [0.15, 0.2) is 0 Å². The smallest absolute Gasteiger partial charge is 0.274 e. The fraction of sp³-hybridized carbons (Fsp3) is 0.467. The fourth-order valence-corrected chi connectivity index (χ4v) is 2.95. The summed E-state index contributed by atoms with van der Waals surface area (Å²) in [7, 11) is 0. The van der Waals surface area contributed by atoms with Crippen molar-refractivity contribution in [2.24, 2.45) is 0 Å². The number of nitrogens with zero attached hydrogens (tertiary/aromatic N) is 5. The average molecular weight is 296 g/mol. The molecule has 1 atom stereocenters. The van der Waals surface area contributed by atoms with Crippen LogP contribution in [0.2, 0.25) is 0 Å². The van der Waals surface area contributed by atoms with Gasteiger partial charge in [-0.2, -0.15) is 15.5 Å². The first-order valence-corrected chi connectivity index (χ1v) is 7.53. The molecule has 2 aliphatic rings. The third-order valence-electron chi connectivity index (χ3n) is 4.39. The summed E-state index contributed by atoms with van der Waals surface area (Å²) in [5, 5.41) is 20.2. The summed E-state index contributed by atoms with van der Waals surface area (Å²) in [4.78, 5) is 14.3. The molecule has 0 bridgehead atoms. The van der Waals surface area contributed by atoms with Crippen LogP contribution in [-0.4, -0.2) is 43.9 Å². The highest BCUT2D eigenvalue weighted by atomic mass is 16.2. The second kappa shape index (κ2) is 4.98. The molecule has 1 amide bonds. The van der Waals surface area contributed by atoms with E-state index in [1.54, 1.807) is 17.1 Å². The van der Waals surface area contributed by atoms with Gasteiger partial charge in [-0.15, -0.1) is 0 Å². The Hall–Kier alpha value is -2.62. The second-order valence-electron chi connectivity index (χ2n) is 6.00.